The highest BCUT2D eigenvalue weighted by Crippen LogP contribution is 2.27. The first-order valence-corrected chi connectivity index (χ1v) is 6.74. The number of aliphatic carboxylic acids is 1. The lowest BCUT2D eigenvalue weighted by Crippen LogP contribution is -2.47. The van der Waals surface area contributed by atoms with Gasteiger partial charge in [0.05, 0.1) is 0 Å². The van der Waals surface area contributed by atoms with Crippen LogP contribution in [0.1, 0.15) is 33.6 Å². The summed E-state index contributed by atoms with van der Waals surface area (Å²) < 4.78 is 5.29. The molecule has 2 rings (SSSR count). The quantitative estimate of drug-likeness (QED) is 0.815. The minimum atomic E-state index is -0.950. The minimum Gasteiger partial charge on any atom is -0.480 e. The SMILES string of the molecule is CC(C)(C)OC(=O)N1C[C@H](N2CCC2)C[C@@H]1C(=O)O. The molecule has 2 aliphatic rings. The number of likely N-dealkylation sites (tertiary alicyclic amines) is 2. The van der Waals surface area contributed by atoms with Crippen LogP contribution < -0.4 is 0 Å². The molecule has 6 nitrogen and oxygen atoms in total. The van der Waals surface area contributed by atoms with E-state index in [0.717, 1.165) is 19.5 Å². The van der Waals surface area contributed by atoms with Gasteiger partial charge in [-0.15, -0.1) is 0 Å². The number of carboxylic acid groups (broad SMARTS) is 1. The third kappa shape index (κ3) is 3.18. The van der Waals surface area contributed by atoms with Gasteiger partial charge in [-0.1, -0.05) is 0 Å². The van der Waals surface area contributed by atoms with E-state index in [9.17, 15) is 14.7 Å². The molecule has 2 saturated heterocycles. The zero-order valence-corrected chi connectivity index (χ0v) is 11.8. The smallest absolute Gasteiger partial charge is 0.411 e. The van der Waals surface area contributed by atoms with Crippen LogP contribution in [0.25, 0.3) is 0 Å². The predicted octanol–water partition coefficient (Wildman–Crippen LogP) is 1.15. The molecule has 108 valence electrons. The Bertz CT molecular complexity index is 373. The van der Waals surface area contributed by atoms with Crippen molar-refractivity contribution in [3.8, 4) is 0 Å². The van der Waals surface area contributed by atoms with Crippen molar-refractivity contribution in [2.75, 3.05) is 19.6 Å². The van der Waals surface area contributed by atoms with E-state index in [0.29, 0.717) is 13.0 Å². The second kappa shape index (κ2) is 5.00. The molecular formula is C13H22N2O4. The van der Waals surface area contributed by atoms with Gasteiger partial charge in [-0.2, -0.15) is 0 Å². The van der Waals surface area contributed by atoms with Crippen molar-refractivity contribution in [3.05, 3.63) is 0 Å². The van der Waals surface area contributed by atoms with Crippen LogP contribution in [0, 0.1) is 0 Å². The van der Waals surface area contributed by atoms with Gasteiger partial charge in [-0.25, -0.2) is 9.59 Å². The molecule has 0 unspecified atom stereocenters. The molecule has 19 heavy (non-hydrogen) atoms. The van der Waals surface area contributed by atoms with Gasteiger partial charge in [0.15, 0.2) is 0 Å². The Labute approximate surface area is 113 Å². The third-order valence-electron chi connectivity index (χ3n) is 3.60. The lowest BCUT2D eigenvalue weighted by molar-refractivity contribution is -0.142. The number of carboxylic acids is 1. The number of rotatable bonds is 2. The molecule has 1 amide bonds. The zero-order chi connectivity index (χ0) is 14.2. The van der Waals surface area contributed by atoms with E-state index in [1.165, 1.54) is 4.90 Å². The van der Waals surface area contributed by atoms with Crippen molar-refractivity contribution in [1.82, 2.24) is 9.80 Å². The number of nitrogens with zero attached hydrogens (tertiary/aromatic N) is 2. The zero-order valence-electron chi connectivity index (χ0n) is 11.8. The number of hydrogen-bond donors (Lipinski definition) is 1. The van der Waals surface area contributed by atoms with Gasteiger partial charge in [-0.05, 0) is 46.7 Å². The van der Waals surface area contributed by atoms with Crippen molar-refractivity contribution >= 4 is 12.1 Å². The van der Waals surface area contributed by atoms with Crippen LogP contribution in [0.4, 0.5) is 4.79 Å². The molecule has 0 aromatic carbocycles. The molecular weight excluding hydrogens is 248 g/mol. The first kappa shape index (κ1) is 14.1. The van der Waals surface area contributed by atoms with Crippen LogP contribution >= 0.6 is 0 Å². The average molecular weight is 270 g/mol. The van der Waals surface area contributed by atoms with Gasteiger partial charge in [0, 0.05) is 12.6 Å². The fourth-order valence-corrected chi connectivity index (χ4v) is 2.54. The molecule has 2 atom stereocenters. The molecule has 2 fully saturated rings. The Morgan fingerprint density at radius 1 is 1.26 bits per heavy atom. The van der Waals surface area contributed by atoms with Crippen molar-refractivity contribution < 1.29 is 19.4 Å². The van der Waals surface area contributed by atoms with Crippen molar-refractivity contribution in [3.63, 3.8) is 0 Å². The summed E-state index contributed by atoms with van der Waals surface area (Å²) in [6.45, 7) is 7.79. The maximum Gasteiger partial charge on any atom is 0.411 e. The van der Waals surface area contributed by atoms with Crippen molar-refractivity contribution in [1.29, 1.82) is 0 Å². The summed E-state index contributed by atoms with van der Waals surface area (Å²) >= 11 is 0. The average Bonchev–Trinajstić information content (AvgIpc) is 2.56. The minimum absolute atomic E-state index is 0.155. The molecule has 0 spiro atoms. The number of amides is 1. The summed E-state index contributed by atoms with van der Waals surface area (Å²) in [7, 11) is 0. The second-order valence-electron chi connectivity index (χ2n) is 6.27. The second-order valence-corrected chi connectivity index (χ2v) is 6.27. The van der Waals surface area contributed by atoms with E-state index in [4.69, 9.17) is 4.74 Å². The Balaban J connectivity index is 2.04. The van der Waals surface area contributed by atoms with E-state index >= 15 is 0 Å². The first-order valence-electron chi connectivity index (χ1n) is 6.74. The van der Waals surface area contributed by atoms with Crippen LogP contribution in [-0.4, -0.2) is 64.3 Å². The van der Waals surface area contributed by atoms with Gasteiger partial charge in [0.1, 0.15) is 11.6 Å². The normalized spacial score (nSPS) is 28.1. The van der Waals surface area contributed by atoms with Crippen LogP contribution in [-0.2, 0) is 9.53 Å². The largest absolute Gasteiger partial charge is 0.480 e. The lowest BCUT2D eigenvalue weighted by atomic mass is 10.1. The fourth-order valence-electron chi connectivity index (χ4n) is 2.54. The summed E-state index contributed by atoms with van der Waals surface area (Å²) in [6, 6.07) is -0.609. The van der Waals surface area contributed by atoms with Crippen LogP contribution in [0.3, 0.4) is 0 Å². The van der Waals surface area contributed by atoms with Crippen LogP contribution in [0.15, 0.2) is 0 Å². The lowest BCUT2D eigenvalue weighted by Gasteiger charge is -2.36. The molecule has 0 aliphatic carbocycles. The van der Waals surface area contributed by atoms with E-state index in [1.54, 1.807) is 20.8 Å². The highest BCUT2D eigenvalue weighted by molar-refractivity contribution is 5.81. The van der Waals surface area contributed by atoms with Gasteiger partial charge < -0.3 is 9.84 Å². The van der Waals surface area contributed by atoms with Gasteiger partial charge in [0.2, 0.25) is 0 Å². The molecule has 6 heteroatoms. The van der Waals surface area contributed by atoms with Gasteiger partial charge in [0.25, 0.3) is 0 Å². The topological polar surface area (TPSA) is 70.1 Å². The number of carbonyl (C=O) groups excluding carboxylic acids is 1. The maximum atomic E-state index is 12.1. The Morgan fingerprint density at radius 2 is 1.89 bits per heavy atom. The van der Waals surface area contributed by atoms with E-state index in [2.05, 4.69) is 4.90 Å². The molecule has 0 bridgehead atoms. The van der Waals surface area contributed by atoms with Gasteiger partial charge >= 0.3 is 12.1 Å². The molecule has 0 saturated carbocycles. The summed E-state index contributed by atoms with van der Waals surface area (Å²) in [5, 5.41) is 9.25. The van der Waals surface area contributed by atoms with E-state index in [1.807, 2.05) is 0 Å². The number of ether oxygens (including phenoxy) is 1. The van der Waals surface area contributed by atoms with E-state index < -0.39 is 23.7 Å². The van der Waals surface area contributed by atoms with Gasteiger partial charge in [-0.3, -0.25) is 9.80 Å². The first-order chi connectivity index (χ1) is 8.78. The Hall–Kier alpha value is -1.30. The van der Waals surface area contributed by atoms with Crippen LogP contribution in [0.2, 0.25) is 0 Å². The van der Waals surface area contributed by atoms with Crippen molar-refractivity contribution in [2.45, 2.75) is 51.3 Å². The summed E-state index contributed by atoms with van der Waals surface area (Å²) in [4.78, 5) is 27.0. The Morgan fingerprint density at radius 3 is 2.32 bits per heavy atom. The van der Waals surface area contributed by atoms with Crippen molar-refractivity contribution in [2.24, 2.45) is 0 Å². The molecule has 1 N–H and O–H groups in total. The predicted molar refractivity (Wildman–Crippen MR) is 69.0 cm³/mol. The maximum absolute atomic E-state index is 12.1. The molecule has 0 radical (unpaired) electrons. The summed E-state index contributed by atoms with van der Waals surface area (Å²) in [5.74, 6) is -0.950. The molecule has 2 aliphatic heterocycles. The molecule has 0 aromatic heterocycles. The fraction of sp³-hybridized carbons (Fsp3) is 0.846. The molecule has 0 aromatic rings. The number of hydrogen-bond acceptors (Lipinski definition) is 4. The summed E-state index contributed by atoms with van der Waals surface area (Å²) in [5.41, 5.74) is -0.602. The third-order valence-corrected chi connectivity index (χ3v) is 3.60. The monoisotopic (exact) mass is 270 g/mol. The number of carbonyl (C=O) groups is 2. The summed E-state index contributed by atoms with van der Waals surface area (Å²) in [6.07, 6.45) is 1.12. The highest BCUT2D eigenvalue weighted by atomic mass is 16.6. The van der Waals surface area contributed by atoms with E-state index in [-0.39, 0.29) is 6.04 Å². The van der Waals surface area contributed by atoms with Crippen LogP contribution in [0.5, 0.6) is 0 Å². The standard InChI is InChI=1S/C13H22N2O4/c1-13(2,3)19-12(18)15-8-9(14-5-4-6-14)7-10(15)11(16)17/h9-10H,4-8H2,1-3H3,(H,16,17)/t9-,10-/m1/s1. The molecule has 2 heterocycles. The highest BCUT2D eigenvalue weighted by Gasteiger charge is 2.44. The Kier molecular flexibility index (Phi) is 3.71.